The van der Waals surface area contributed by atoms with Gasteiger partial charge in [0.05, 0.1) is 0 Å². The molecule has 1 unspecified atom stereocenters. The highest BCUT2D eigenvalue weighted by molar-refractivity contribution is 7.98. The number of hydrogen-bond acceptors (Lipinski definition) is 2. The Morgan fingerprint density at radius 2 is 2.50 bits per heavy atom. The van der Waals surface area contributed by atoms with Crippen LogP contribution in [-0.2, 0) is 6.54 Å². The summed E-state index contributed by atoms with van der Waals surface area (Å²) in [6, 6.07) is 2.69. The van der Waals surface area contributed by atoms with Crippen LogP contribution >= 0.6 is 11.8 Å². The number of H-pyrrole nitrogens is 1. The molecule has 0 aromatic carbocycles. The highest BCUT2D eigenvalue weighted by Gasteiger charge is 1.99. The normalized spacial score (nSPS) is 13.2. The Labute approximate surface area is 78.1 Å². The van der Waals surface area contributed by atoms with Crippen LogP contribution in [0.15, 0.2) is 18.5 Å². The summed E-state index contributed by atoms with van der Waals surface area (Å²) in [4.78, 5) is 3.04. The van der Waals surface area contributed by atoms with E-state index in [0.29, 0.717) is 6.04 Å². The van der Waals surface area contributed by atoms with Crippen LogP contribution in [0, 0.1) is 0 Å². The summed E-state index contributed by atoms with van der Waals surface area (Å²) < 4.78 is 0. The highest BCUT2D eigenvalue weighted by Crippen LogP contribution is 1.99. The van der Waals surface area contributed by atoms with E-state index in [1.807, 2.05) is 24.2 Å². The average Bonchev–Trinajstić information content (AvgIpc) is 2.53. The third kappa shape index (κ3) is 3.32. The lowest BCUT2D eigenvalue weighted by molar-refractivity contribution is 0.596. The Kier molecular flexibility index (Phi) is 4.25. The maximum absolute atomic E-state index is 3.45. The molecule has 0 amide bonds. The van der Waals surface area contributed by atoms with Gasteiger partial charge < -0.3 is 10.3 Å². The molecule has 0 fully saturated rings. The molecule has 2 nitrogen and oxygen atoms in total. The zero-order valence-electron chi connectivity index (χ0n) is 7.63. The first kappa shape index (κ1) is 9.68. The molecule has 0 radical (unpaired) electrons. The average molecular weight is 184 g/mol. The van der Waals surface area contributed by atoms with E-state index in [-0.39, 0.29) is 0 Å². The molecule has 1 aromatic rings. The molecule has 3 heteroatoms. The fraction of sp³-hybridized carbons (Fsp3) is 0.556. The van der Waals surface area contributed by atoms with Gasteiger partial charge in [-0.1, -0.05) is 0 Å². The highest BCUT2D eigenvalue weighted by atomic mass is 32.2. The van der Waals surface area contributed by atoms with Gasteiger partial charge in [-0.3, -0.25) is 0 Å². The summed E-state index contributed by atoms with van der Waals surface area (Å²) in [6.45, 7) is 3.17. The van der Waals surface area contributed by atoms with Gasteiger partial charge in [-0.25, -0.2) is 0 Å². The van der Waals surface area contributed by atoms with Crippen molar-refractivity contribution in [2.75, 3.05) is 12.0 Å². The van der Waals surface area contributed by atoms with Gasteiger partial charge >= 0.3 is 0 Å². The summed E-state index contributed by atoms with van der Waals surface area (Å²) in [5.74, 6) is 1.17. The van der Waals surface area contributed by atoms with Crippen LogP contribution in [-0.4, -0.2) is 23.0 Å². The minimum atomic E-state index is 0.592. The van der Waals surface area contributed by atoms with E-state index in [1.54, 1.807) is 0 Å². The summed E-state index contributed by atoms with van der Waals surface area (Å²) in [5, 5.41) is 3.45. The molecule has 1 rings (SSSR count). The van der Waals surface area contributed by atoms with Crippen LogP contribution in [0.1, 0.15) is 12.5 Å². The van der Waals surface area contributed by atoms with Gasteiger partial charge in [0.1, 0.15) is 0 Å². The second-order valence-electron chi connectivity index (χ2n) is 2.96. The van der Waals surface area contributed by atoms with Gasteiger partial charge in [0, 0.05) is 30.7 Å². The number of aromatic amines is 1. The number of rotatable bonds is 5. The second-order valence-corrected chi connectivity index (χ2v) is 3.87. The van der Waals surface area contributed by atoms with Gasteiger partial charge in [-0.2, -0.15) is 11.8 Å². The van der Waals surface area contributed by atoms with Crippen LogP contribution in [0.2, 0.25) is 0 Å². The third-order valence-corrected chi connectivity index (χ3v) is 2.57. The molecule has 12 heavy (non-hydrogen) atoms. The van der Waals surface area contributed by atoms with Gasteiger partial charge in [0.25, 0.3) is 0 Å². The quantitative estimate of drug-likeness (QED) is 0.731. The van der Waals surface area contributed by atoms with Crippen molar-refractivity contribution in [1.29, 1.82) is 0 Å². The molecule has 0 spiro atoms. The summed E-state index contributed by atoms with van der Waals surface area (Å²) in [5.41, 5.74) is 1.32. The first-order valence-corrected chi connectivity index (χ1v) is 5.56. The molecule has 1 aromatic heterocycles. The van der Waals surface area contributed by atoms with E-state index in [0.717, 1.165) is 6.54 Å². The zero-order chi connectivity index (χ0) is 8.81. The smallest absolute Gasteiger partial charge is 0.0223 e. The molecule has 0 aliphatic heterocycles. The van der Waals surface area contributed by atoms with Crippen LogP contribution in [0.4, 0.5) is 0 Å². The molecule has 68 valence electrons. The molecule has 0 bridgehead atoms. The number of thioether (sulfide) groups is 1. The summed E-state index contributed by atoms with van der Waals surface area (Å²) >= 11 is 1.88. The third-order valence-electron chi connectivity index (χ3n) is 1.73. The van der Waals surface area contributed by atoms with Crippen molar-refractivity contribution in [2.45, 2.75) is 19.5 Å². The van der Waals surface area contributed by atoms with E-state index in [2.05, 4.69) is 29.5 Å². The maximum Gasteiger partial charge on any atom is 0.0223 e. The lowest BCUT2D eigenvalue weighted by Gasteiger charge is -2.10. The molecule has 0 saturated heterocycles. The largest absolute Gasteiger partial charge is 0.367 e. The van der Waals surface area contributed by atoms with Crippen molar-refractivity contribution >= 4 is 11.8 Å². The van der Waals surface area contributed by atoms with Crippen molar-refractivity contribution in [2.24, 2.45) is 0 Å². The van der Waals surface area contributed by atoms with Crippen LogP contribution in [0.25, 0.3) is 0 Å². The molecule has 1 heterocycles. The van der Waals surface area contributed by atoms with E-state index >= 15 is 0 Å². The Bertz CT molecular complexity index is 196. The monoisotopic (exact) mass is 184 g/mol. The lowest BCUT2D eigenvalue weighted by atomic mass is 10.3. The van der Waals surface area contributed by atoms with Crippen molar-refractivity contribution in [1.82, 2.24) is 10.3 Å². The zero-order valence-corrected chi connectivity index (χ0v) is 8.45. The first-order valence-electron chi connectivity index (χ1n) is 4.17. The summed E-state index contributed by atoms with van der Waals surface area (Å²) in [7, 11) is 0. The van der Waals surface area contributed by atoms with E-state index in [4.69, 9.17) is 0 Å². The predicted molar refractivity (Wildman–Crippen MR) is 55.5 cm³/mol. The first-order chi connectivity index (χ1) is 5.83. The number of hydrogen-bond donors (Lipinski definition) is 2. The van der Waals surface area contributed by atoms with Crippen molar-refractivity contribution < 1.29 is 0 Å². The molecule has 2 N–H and O–H groups in total. The molecule has 0 aliphatic rings. The van der Waals surface area contributed by atoms with Crippen molar-refractivity contribution in [3.8, 4) is 0 Å². The second kappa shape index (κ2) is 5.27. The number of aromatic nitrogens is 1. The maximum atomic E-state index is 3.45. The summed E-state index contributed by atoms with van der Waals surface area (Å²) in [6.07, 6.45) is 6.11. The van der Waals surface area contributed by atoms with Gasteiger partial charge in [0.15, 0.2) is 0 Å². The fourth-order valence-electron chi connectivity index (χ4n) is 1.07. The minimum absolute atomic E-state index is 0.592. The molecular formula is C9H16N2S. The Balaban J connectivity index is 2.17. The molecule has 0 saturated carbocycles. The van der Waals surface area contributed by atoms with E-state index in [1.165, 1.54) is 11.3 Å². The standard InChI is InChI=1S/C9H16N2S/c1-8(7-12-2)11-6-9-3-4-10-5-9/h3-5,8,10-11H,6-7H2,1-2H3. The Morgan fingerprint density at radius 1 is 1.67 bits per heavy atom. The predicted octanol–water partition coefficient (Wildman–Crippen LogP) is 1.86. The minimum Gasteiger partial charge on any atom is -0.367 e. The van der Waals surface area contributed by atoms with Gasteiger partial charge in [-0.15, -0.1) is 0 Å². The molecule has 0 aliphatic carbocycles. The van der Waals surface area contributed by atoms with Crippen LogP contribution < -0.4 is 5.32 Å². The lowest BCUT2D eigenvalue weighted by Crippen LogP contribution is -2.27. The SMILES string of the molecule is CSCC(C)NCc1cc[nH]c1. The van der Waals surface area contributed by atoms with E-state index < -0.39 is 0 Å². The topological polar surface area (TPSA) is 27.8 Å². The van der Waals surface area contributed by atoms with Crippen molar-refractivity contribution in [3.05, 3.63) is 24.0 Å². The van der Waals surface area contributed by atoms with Crippen LogP contribution in [0.3, 0.4) is 0 Å². The molecular weight excluding hydrogens is 168 g/mol. The van der Waals surface area contributed by atoms with Crippen LogP contribution in [0.5, 0.6) is 0 Å². The van der Waals surface area contributed by atoms with Crippen molar-refractivity contribution in [3.63, 3.8) is 0 Å². The van der Waals surface area contributed by atoms with Gasteiger partial charge in [0.2, 0.25) is 0 Å². The molecule has 1 atom stereocenters. The fourth-order valence-corrected chi connectivity index (χ4v) is 1.69. The van der Waals surface area contributed by atoms with Gasteiger partial charge in [-0.05, 0) is 24.8 Å². The van der Waals surface area contributed by atoms with E-state index in [9.17, 15) is 0 Å². The number of nitrogens with one attached hydrogen (secondary N) is 2. The Morgan fingerprint density at radius 3 is 3.08 bits per heavy atom. The Hall–Kier alpha value is -0.410.